The second kappa shape index (κ2) is 7.12. The lowest BCUT2D eigenvalue weighted by molar-refractivity contribution is 0.0893. The summed E-state index contributed by atoms with van der Waals surface area (Å²) in [6.07, 6.45) is 0. The Bertz CT molecular complexity index is 1850. The van der Waals surface area contributed by atoms with E-state index in [-0.39, 0.29) is 11.8 Å². The van der Waals surface area contributed by atoms with Crippen LogP contribution in [0.25, 0.3) is 43.1 Å². The molecule has 3 nitrogen and oxygen atoms in total. The fourth-order valence-corrected chi connectivity index (χ4v) is 7.06. The molecule has 1 heterocycles. The minimum absolute atomic E-state index is 0.278. The van der Waals surface area contributed by atoms with Crippen LogP contribution in [-0.4, -0.2) is 11.8 Å². The van der Waals surface area contributed by atoms with Crippen molar-refractivity contribution in [3.8, 4) is 0 Å². The number of benzene rings is 6. The molecular weight excluding hydrogens is 566 g/mol. The first-order valence-electron chi connectivity index (χ1n) is 11.3. The fraction of sp³-hybridized carbons (Fsp3) is 0.0667. The van der Waals surface area contributed by atoms with Crippen LogP contribution in [0, 0.1) is 13.8 Å². The molecule has 0 aromatic heterocycles. The maximum Gasteiger partial charge on any atom is 0.266 e. The molecule has 0 bridgehead atoms. The molecule has 1 aliphatic rings. The summed E-state index contributed by atoms with van der Waals surface area (Å²) in [6, 6.07) is 22.2. The van der Waals surface area contributed by atoms with Crippen LogP contribution in [0.5, 0.6) is 0 Å². The zero-order valence-corrected chi connectivity index (χ0v) is 22.0. The van der Waals surface area contributed by atoms with Gasteiger partial charge in [0, 0.05) is 25.5 Å². The van der Waals surface area contributed by atoms with Crippen LogP contribution in [0.4, 0.5) is 5.69 Å². The van der Waals surface area contributed by atoms with Gasteiger partial charge in [0.2, 0.25) is 0 Å². The number of aryl methyl sites for hydroxylation is 2. The van der Waals surface area contributed by atoms with E-state index < -0.39 is 0 Å². The number of rotatable bonds is 1. The summed E-state index contributed by atoms with van der Waals surface area (Å²) in [7, 11) is 0. The summed E-state index contributed by atoms with van der Waals surface area (Å²) < 4.78 is 1.97. The predicted octanol–water partition coefficient (Wildman–Crippen LogP) is 8.68. The molecule has 0 aliphatic carbocycles. The average Bonchev–Trinajstić information content (AvgIpc) is 2.83. The van der Waals surface area contributed by atoms with Crippen molar-refractivity contribution in [1.29, 1.82) is 0 Å². The minimum Gasteiger partial charge on any atom is -0.268 e. The first-order valence-corrected chi connectivity index (χ1v) is 12.9. The normalized spacial score (nSPS) is 13.8. The summed E-state index contributed by atoms with van der Waals surface area (Å²) in [4.78, 5) is 29.2. The molecule has 5 heteroatoms. The number of halogens is 2. The van der Waals surface area contributed by atoms with E-state index in [0.717, 1.165) is 57.8 Å². The lowest BCUT2D eigenvalue weighted by atomic mass is 9.84. The van der Waals surface area contributed by atoms with Crippen LogP contribution >= 0.6 is 31.9 Å². The SMILES string of the molecule is Cc1cc(Br)cc(C)c1N1C(=O)c2ccc3c4cccc5c(Br)ccc(c6ccc(c2c36)C1=O)c54. The monoisotopic (exact) mass is 581 g/mol. The van der Waals surface area contributed by atoms with Crippen LogP contribution in [0.3, 0.4) is 0 Å². The maximum absolute atomic E-state index is 13.9. The van der Waals surface area contributed by atoms with Crippen molar-refractivity contribution in [3.05, 3.63) is 97.9 Å². The largest absolute Gasteiger partial charge is 0.268 e. The highest BCUT2D eigenvalue weighted by atomic mass is 79.9. The number of amides is 2. The van der Waals surface area contributed by atoms with E-state index in [9.17, 15) is 9.59 Å². The molecule has 0 saturated carbocycles. The van der Waals surface area contributed by atoms with E-state index in [1.807, 2.05) is 50.2 Å². The number of carbonyl (C=O) groups excluding carboxylic acids is 2. The number of carbonyl (C=O) groups is 2. The second-order valence-electron chi connectivity index (χ2n) is 9.23. The van der Waals surface area contributed by atoms with Gasteiger partial charge in [-0.3, -0.25) is 9.59 Å². The average molecular weight is 583 g/mol. The highest BCUT2D eigenvalue weighted by Crippen LogP contribution is 2.45. The Kier molecular flexibility index (Phi) is 4.28. The van der Waals surface area contributed by atoms with Crippen LogP contribution in [-0.2, 0) is 0 Å². The second-order valence-corrected chi connectivity index (χ2v) is 11.0. The maximum atomic E-state index is 13.9. The lowest BCUT2D eigenvalue weighted by Gasteiger charge is -2.30. The molecule has 168 valence electrons. The number of imide groups is 1. The molecule has 0 fully saturated rings. The van der Waals surface area contributed by atoms with Gasteiger partial charge in [0.15, 0.2) is 0 Å². The number of anilines is 1. The summed E-state index contributed by atoms with van der Waals surface area (Å²) in [5, 5.41) is 8.43. The summed E-state index contributed by atoms with van der Waals surface area (Å²) >= 11 is 7.22. The van der Waals surface area contributed by atoms with Crippen molar-refractivity contribution in [1.82, 2.24) is 0 Å². The zero-order chi connectivity index (χ0) is 24.2. The van der Waals surface area contributed by atoms with Crippen molar-refractivity contribution in [3.63, 3.8) is 0 Å². The molecule has 0 atom stereocenters. The van der Waals surface area contributed by atoms with E-state index in [1.54, 1.807) is 0 Å². The predicted molar refractivity (Wildman–Crippen MR) is 150 cm³/mol. The molecule has 0 N–H and O–H groups in total. The van der Waals surface area contributed by atoms with Gasteiger partial charge in [-0.2, -0.15) is 0 Å². The molecule has 0 unspecified atom stereocenters. The highest BCUT2D eigenvalue weighted by Gasteiger charge is 2.36. The third-order valence-corrected chi connectivity index (χ3v) is 8.42. The Labute approximate surface area is 217 Å². The molecule has 35 heavy (non-hydrogen) atoms. The molecule has 7 rings (SSSR count). The molecule has 0 saturated heterocycles. The smallest absolute Gasteiger partial charge is 0.266 e. The van der Waals surface area contributed by atoms with Gasteiger partial charge in [-0.1, -0.05) is 68.3 Å². The van der Waals surface area contributed by atoms with Crippen LogP contribution in [0.1, 0.15) is 31.8 Å². The number of hydrogen-bond donors (Lipinski definition) is 0. The molecule has 0 spiro atoms. The summed E-state index contributed by atoms with van der Waals surface area (Å²) in [6.45, 7) is 3.86. The lowest BCUT2D eigenvalue weighted by Crippen LogP contribution is -2.41. The van der Waals surface area contributed by atoms with Gasteiger partial charge in [-0.25, -0.2) is 4.90 Å². The van der Waals surface area contributed by atoms with Crippen molar-refractivity contribution < 1.29 is 9.59 Å². The van der Waals surface area contributed by atoms with Crippen LogP contribution in [0.15, 0.2) is 75.7 Å². The van der Waals surface area contributed by atoms with E-state index >= 15 is 0 Å². The number of nitrogens with zero attached hydrogens (tertiary/aromatic N) is 1. The standard InChI is InChI=1S/C30H17Br2NO2/c1-14-12-16(31)13-15(2)28(14)33-29(34)22-8-6-19-17-4-3-5-21-24(32)11-10-18(25(17)21)20-7-9-23(30(33)35)27(22)26(19)20/h3-13H,1-2H3. The van der Waals surface area contributed by atoms with Gasteiger partial charge in [-0.15, -0.1) is 0 Å². The Morgan fingerprint density at radius 1 is 0.600 bits per heavy atom. The fourth-order valence-electron chi connectivity index (χ4n) is 5.91. The Hall–Kier alpha value is -3.28. The Morgan fingerprint density at radius 3 is 1.74 bits per heavy atom. The van der Waals surface area contributed by atoms with Crippen molar-refractivity contribution >= 4 is 92.5 Å². The molecule has 2 amide bonds. The van der Waals surface area contributed by atoms with Gasteiger partial charge < -0.3 is 0 Å². The Morgan fingerprint density at radius 2 is 1.11 bits per heavy atom. The molecule has 6 aromatic carbocycles. The number of hydrogen-bond acceptors (Lipinski definition) is 2. The van der Waals surface area contributed by atoms with Crippen molar-refractivity contribution in [2.24, 2.45) is 0 Å². The topological polar surface area (TPSA) is 37.4 Å². The number of fused-ring (bicyclic) bond motifs is 2. The van der Waals surface area contributed by atoms with Gasteiger partial charge in [0.05, 0.1) is 5.69 Å². The summed E-state index contributed by atoms with van der Waals surface area (Å²) in [5.41, 5.74) is 3.53. The molecular formula is C30H17Br2NO2. The highest BCUT2D eigenvalue weighted by molar-refractivity contribution is 9.11. The van der Waals surface area contributed by atoms with E-state index in [4.69, 9.17) is 0 Å². The first-order chi connectivity index (χ1) is 16.9. The van der Waals surface area contributed by atoms with Gasteiger partial charge in [-0.05, 0) is 93.0 Å². The molecule has 6 aromatic rings. The van der Waals surface area contributed by atoms with Gasteiger partial charge in [0.1, 0.15) is 0 Å². The zero-order valence-electron chi connectivity index (χ0n) is 18.9. The molecule has 0 radical (unpaired) electrons. The molecule has 1 aliphatic heterocycles. The van der Waals surface area contributed by atoms with E-state index in [2.05, 4.69) is 62.2 Å². The van der Waals surface area contributed by atoms with Crippen LogP contribution in [0.2, 0.25) is 0 Å². The summed E-state index contributed by atoms with van der Waals surface area (Å²) in [5.74, 6) is -0.556. The van der Waals surface area contributed by atoms with Crippen molar-refractivity contribution in [2.75, 3.05) is 4.90 Å². The van der Waals surface area contributed by atoms with Gasteiger partial charge >= 0.3 is 0 Å². The van der Waals surface area contributed by atoms with E-state index in [1.165, 1.54) is 10.3 Å². The quantitative estimate of drug-likeness (QED) is 0.110. The third-order valence-electron chi connectivity index (χ3n) is 7.27. The van der Waals surface area contributed by atoms with Gasteiger partial charge in [0.25, 0.3) is 11.8 Å². The first kappa shape index (κ1) is 21.0. The van der Waals surface area contributed by atoms with Crippen LogP contribution < -0.4 is 4.90 Å². The van der Waals surface area contributed by atoms with E-state index in [0.29, 0.717) is 16.8 Å². The minimum atomic E-state index is -0.278. The Balaban J connectivity index is 1.61. The van der Waals surface area contributed by atoms with Crippen molar-refractivity contribution in [2.45, 2.75) is 13.8 Å². The third kappa shape index (κ3) is 2.65.